The van der Waals surface area contributed by atoms with Gasteiger partial charge in [-0.1, -0.05) is 31.2 Å². The summed E-state index contributed by atoms with van der Waals surface area (Å²) in [6.45, 7) is 3.37. The summed E-state index contributed by atoms with van der Waals surface area (Å²) in [7, 11) is 0. The first-order chi connectivity index (χ1) is 14.5. The SMILES string of the molecule is CCC1COC(c2ccc3c(F)c(CCc4cc(F)c(F)c(F)c4)ccc3c2)OC1. The van der Waals surface area contributed by atoms with Crippen LogP contribution in [-0.2, 0) is 22.3 Å². The molecule has 3 aromatic carbocycles. The molecule has 1 saturated heterocycles. The van der Waals surface area contributed by atoms with Crippen LogP contribution in [0, 0.1) is 29.2 Å². The molecule has 3 aromatic rings. The van der Waals surface area contributed by atoms with Gasteiger partial charge in [0.1, 0.15) is 5.82 Å². The second kappa shape index (κ2) is 8.74. The van der Waals surface area contributed by atoms with E-state index >= 15 is 0 Å². The molecule has 0 atom stereocenters. The standard InChI is InChI=1S/C24H22F4O2/c1-2-14-12-29-24(30-13-14)18-7-8-19-17(11-18)6-5-16(22(19)27)4-3-15-9-20(25)23(28)21(26)10-15/h5-11,14,24H,2-4,12-13H2,1H3. The smallest absolute Gasteiger partial charge is 0.194 e. The maximum Gasteiger partial charge on any atom is 0.194 e. The van der Waals surface area contributed by atoms with Gasteiger partial charge in [0, 0.05) is 16.9 Å². The summed E-state index contributed by atoms with van der Waals surface area (Å²) in [4.78, 5) is 0. The molecule has 0 N–H and O–H groups in total. The second-order valence-electron chi connectivity index (χ2n) is 7.67. The van der Waals surface area contributed by atoms with Crippen LogP contribution < -0.4 is 0 Å². The summed E-state index contributed by atoms with van der Waals surface area (Å²) >= 11 is 0. The first kappa shape index (κ1) is 20.8. The van der Waals surface area contributed by atoms with E-state index in [2.05, 4.69) is 6.92 Å². The summed E-state index contributed by atoms with van der Waals surface area (Å²) in [5.74, 6) is -3.96. The highest BCUT2D eigenvalue weighted by Gasteiger charge is 2.23. The number of aryl methyl sites for hydroxylation is 2. The highest BCUT2D eigenvalue weighted by atomic mass is 19.2. The zero-order chi connectivity index (χ0) is 21.3. The average molecular weight is 418 g/mol. The van der Waals surface area contributed by atoms with Crippen molar-refractivity contribution >= 4 is 10.8 Å². The molecule has 4 rings (SSSR count). The van der Waals surface area contributed by atoms with E-state index in [0.29, 0.717) is 30.1 Å². The topological polar surface area (TPSA) is 18.5 Å². The number of hydrogen-bond acceptors (Lipinski definition) is 2. The van der Waals surface area contributed by atoms with Crippen molar-refractivity contribution in [2.75, 3.05) is 13.2 Å². The summed E-state index contributed by atoms with van der Waals surface area (Å²) < 4.78 is 66.4. The molecule has 158 valence electrons. The van der Waals surface area contributed by atoms with Gasteiger partial charge in [-0.15, -0.1) is 0 Å². The third-order valence-corrected chi connectivity index (χ3v) is 5.60. The molecule has 1 fully saturated rings. The molecule has 2 nitrogen and oxygen atoms in total. The molecule has 0 unspecified atom stereocenters. The molecule has 1 aliphatic heterocycles. The van der Waals surface area contributed by atoms with Crippen molar-refractivity contribution in [3.8, 4) is 0 Å². The van der Waals surface area contributed by atoms with Crippen LogP contribution in [0.15, 0.2) is 42.5 Å². The predicted octanol–water partition coefficient (Wildman–Crippen LogP) is 6.25. The van der Waals surface area contributed by atoms with Crippen molar-refractivity contribution in [1.29, 1.82) is 0 Å². The number of ether oxygens (including phenoxy) is 2. The number of rotatable bonds is 5. The van der Waals surface area contributed by atoms with Crippen molar-refractivity contribution in [1.82, 2.24) is 0 Å². The minimum absolute atomic E-state index is 0.191. The van der Waals surface area contributed by atoms with E-state index in [1.54, 1.807) is 24.3 Å². The number of benzene rings is 3. The number of fused-ring (bicyclic) bond motifs is 1. The van der Waals surface area contributed by atoms with Gasteiger partial charge in [-0.2, -0.15) is 0 Å². The van der Waals surface area contributed by atoms with Crippen molar-refractivity contribution in [2.24, 2.45) is 5.92 Å². The van der Waals surface area contributed by atoms with Crippen LogP contribution in [0.25, 0.3) is 10.8 Å². The Labute approximate surface area is 172 Å². The van der Waals surface area contributed by atoms with E-state index in [1.807, 2.05) is 6.07 Å². The van der Waals surface area contributed by atoms with Gasteiger partial charge < -0.3 is 9.47 Å². The van der Waals surface area contributed by atoms with E-state index in [0.717, 1.165) is 29.5 Å². The van der Waals surface area contributed by atoms with Crippen LogP contribution in [0.4, 0.5) is 17.6 Å². The molecule has 0 aromatic heterocycles. The Hall–Kier alpha value is -2.44. The molecule has 0 saturated carbocycles. The van der Waals surface area contributed by atoms with Crippen molar-refractivity contribution < 1.29 is 27.0 Å². The molecule has 0 radical (unpaired) electrons. The van der Waals surface area contributed by atoms with Crippen LogP contribution in [0.5, 0.6) is 0 Å². The van der Waals surface area contributed by atoms with Crippen molar-refractivity contribution in [2.45, 2.75) is 32.5 Å². The van der Waals surface area contributed by atoms with Gasteiger partial charge in [-0.05, 0) is 54.0 Å². The molecule has 1 heterocycles. The largest absolute Gasteiger partial charge is 0.348 e. The molecule has 1 aliphatic rings. The maximum absolute atomic E-state index is 15.0. The Morgan fingerprint density at radius 3 is 2.20 bits per heavy atom. The Balaban J connectivity index is 1.51. The zero-order valence-corrected chi connectivity index (χ0v) is 16.6. The first-order valence-electron chi connectivity index (χ1n) is 10.0. The highest BCUT2D eigenvalue weighted by Crippen LogP contribution is 2.30. The van der Waals surface area contributed by atoms with E-state index in [-0.39, 0.29) is 24.2 Å². The Morgan fingerprint density at radius 2 is 1.53 bits per heavy atom. The van der Waals surface area contributed by atoms with E-state index in [9.17, 15) is 17.6 Å². The van der Waals surface area contributed by atoms with Gasteiger partial charge in [-0.3, -0.25) is 0 Å². The molecule has 0 spiro atoms. The fourth-order valence-corrected chi connectivity index (χ4v) is 3.70. The predicted molar refractivity (Wildman–Crippen MR) is 106 cm³/mol. The zero-order valence-electron chi connectivity index (χ0n) is 16.6. The lowest BCUT2D eigenvalue weighted by Gasteiger charge is -2.29. The minimum Gasteiger partial charge on any atom is -0.348 e. The quantitative estimate of drug-likeness (QED) is 0.360. The molecule has 0 aliphatic carbocycles. The lowest BCUT2D eigenvalue weighted by molar-refractivity contribution is -0.205. The average Bonchev–Trinajstić information content (AvgIpc) is 2.76. The molecule has 30 heavy (non-hydrogen) atoms. The summed E-state index contributed by atoms with van der Waals surface area (Å²) in [5, 5.41) is 1.17. The summed E-state index contributed by atoms with van der Waals surface area (Å²) in [5.41, 5.74) is 1.54. The fraction of sp³-hybridized carbons (Fsp3) is 0.333. The van der Waals surface area contributed by atoms with Crippen LogP contribution >= 0.6 is 0 Å². The van der Waals surface area contributed by atoms with Gasteiger partial charge in [0.05, 0.1) is 13.2 Å². The lowest BCUT2D eigenvalue weighted by Crippen LogP contribution is -2.26. The van der Waals surface area contributed by atoms with Crippen molar-refractivity contribution in [3.05, 3.63) is 82.4 Å². The normalized spacial score (nSPS) is 19.4. The molecule has 0 bridgehead atoms. The third-order valence-electron chi connectivity index (χ3n) is 5.60. The monoisotopic (exact) mass is 418 g/mol. The van der Waals surface area contributed by atoms with Gasteiger partial charge in [-0.25, -0.2) is 17.6 Å². The Bertz CT molecular complexity index is 1040. The Morgan fingerprint density at radius 1 is 0.833 bits per heavy atom. The van der Waals surface area contributed by atoms with E-state index in [4.69, 9.17) is 9.47 Å². The van der Waals surface area contributed by atoms with Gasteiger partial charge in [0.15, 0.2) is 23.7 Å². The summed E-state index contributed by atoms with van der Waals surface area (Å²) in [6, 6.07) is 10.7. The first-order valence-corrected chi connectivity index (χ1v) is 10.0. The number of hydrogen-bond donors (Lipinski definition) is 0. The maximum atomic E-state index is 15.0. The molecular weight excluding hydrogens is 396 g/mol. The second-order valence-corrected chi connectivity index (χ2v) is 7.67. The van der Waals surface area contributed by atoms with Gasteiger partial charge in [0.2, 0.25) is 0 Å². The Kier molecular flexibility index (Phi) is 6.06. The van der Waals surface area contributed by atoms with Crippen LogP contribution in [0.2, 0.25) is 0 Å². The molecular formula is C24H22F4O2. The van der Waals surface area contributed by atoms with Crippen LogP contribution in [0.3, 0.4) is 0 Å². The number of halogens is 4. The van der Waals surface area contributed by atoms with E-state index in [1.165, 1.54) is 0 Å². The van der Waals surface area contributed by atoms with Gasteiger partial charge in [0.25, 0.3) is 0 Å². The fourth-order valence-electron chi connectivity index (χ4n) is 3.70. The van der Waals surface area contributed by atoms with Crippen LogP contribution in [-0.4, -0.2) is 13.2 Å². The summed E-state index contributed by atoms with van der Waals surface area (Å²) in [6.07, 6.45) is 0.969. The lowest BCUT2D eigenvalue weighted by atomic mass is 9.98. The van der Waals surface area contributed by atoms with Crippen molar-refractivity contribution in [3.63, 3.8) is 0 Å². The molecule has 0 amide bonds. The van der Waals surface area contributed by atoms with Crippen LogP contribution in [0.1, 0.15) is 36.3 Å². The third kappa shape index (κ3) is 4.20. The minimum atomic E-state index is -1.50. The highest BCUT2D eigenvalue weighted by molar-refractivity contribution is 5.84. The van der Waals surface area contributed by atoms with E-state index < -0.39 is 23.7 Å². The molecule has 6 heteroatoms. The van der Waals surface area contributed by atoms with Gasteiger partial charge >= 0.3 is 0 Å².